The first-order valence-electron chi connectivity index (χ1n) is 13.5. The molecule has 12 N–H and O–H groups in total. The molecular weight excluding hydrogens is 642 g/mol. The SMILES string of the molecule is CC(C)C(=O)c1cc(O)c(O)c(O)c1-c1c(O)c(O)c2oc(=O)c3c(-c4c(C(N)=O)cc(O)c(O)c4O)c(O)c(O)c4oc(=O)c1c2c43. The van der Waals surface area contributed by atoms with Gasteiger partial charge in [-0.2, -0.15) is 0 Å². The van der Waals surface area contributed by atoms with Crippen LogP contribution < -0.4 is 17.0 Å². The Bertz CT molecular complexity index is 2580. The Morgan fingerprint density at radius 3 is 1.27 bits per heavy atom. The number of phenolic OH excluding ortho intramolecular Hbond substituents is 10. The van der Waals surface area contributed by atoms with E-state index in [4.69, 9.17) is 14.6 Å². The summed E-state index contributed by atoms with van der Waals surface area (Å²) < 4.78 is 10.5. The maximum atomic E-state index is 13.7. The van der Waals surface area contributed by atoms with Crippen LogP contribution in [0.2, 0.25) is 0 Å². The van der Waals surface area contributed by atoms with Crippen molar-refractivity contribution in [2.24, 2.45) is 11.7 Å². The van der Waals surface area contributed by atoms with Crippen molar-refractivity contribution < 1.29 is 69.5 Å². The van der Waals surface area contributed by atoms with E-state index >= 15 is 0 Å². The Kier molecular flexibility index (Phi) is 6.44. The van der Waals surface area contributed by atoms with Gasteiger partial charge in [-0.3, -0.25) is 9.59 Å². The number of aromatic hydroxyl groups is 10. The van der Waals surface area contributed by atoms with Crippen LogP contribution in [0.15, 0.2) is 30.6 Å². The molecule has 0 saturated heterocycles. The number of rotatable bonds is 5. The molecule has 246 valence electrons. The summed E-state index contributed by atoms with van der Waals surface area (Å²) in [6.45, 7) is 2.84. The highest BCUT2D eigenvalue weighted by molar-refractivity contribution is 6.29. The first-order chi connectivity index (χ1) is 22.4. The lowest BCUT2D eigenvalue weighted by molar-refractivity contribution is 0.0938. The van der Waals surface area contributed by atoms with Crippen LogP contribution in [0.25, 0.3) is 55.0 Å². The van der Waals surface area contributed by atoms with Crippen LogP contribution in [0.1, 0.15) is 34.6 Å². The highest BCUT2D eigenvalue weighted by Gasteiger charge is 2.36. The molecule has 0 spiro atoms. The molecule has 0 aliphatic rings. The Morgan fingerprint density at radius 2 is 0.896 bits per heavy atom. The molecule has 2 aromatic heterocycles. The normalized spacial score (nSPS) is 11.7. The Morgan fingerprint density at radius 1 is 0.542 bits per heavy atom. The van der Waals surface area contributed by atoms with Crippen molar-refractivity contribution in [2.75, 3.05) is 0 Å². The summed E-state index contributed by atoms with van der Waals surface area (Å²) in [6.07, 6.45) is 0. The molecule has 17 heteroatoms. The minimum atomic E-state index is -1.53. The van der Waals surface area contributed by atoms with E-state index < -0.39 is 152 Å². The van der Waals surface area contributed by atoms with E-state index in [2.05, 4.69) is 0 Å². The lowest BCUT2D eigenvalue weighted by Gasteiger charge is -2.20. The molecule has 0 aliphatic carbocycles. The van der Waals surface area contributed by atoms with E-state index in [9.17, 15) is 70.2 Å². The number of carbonyl (C=O) groups excluding carboxylic acids is 2. The van der Waals surface area contributed by atoms with Crippen LogP contribution in [0.3, 0.4) is 0 Å². The highest BCUT2D eigenvalue weighted by atomic mass is 16.4. The fourth-order valence-electron chi connectivity index (χ4n) is 5.76. The molecule has 17 nitrogen and oxygen atoms in total. The summed E-state index contributed by atoms with van der Waals surface area (Å²) in [5.74, 6) is -15.3. The molecule has 0 atom stereocenters. The minimum absolute atomic E-state index is 0.568. The van der Waals surface area contributed by atoms with E-state index in [0.717, 1.165) is 6.07 Å². The van der Waals surface area contributed by atoms with Crippen LogP contribution in [0, 0.1) is 5.92 Å². The molecule has 4 aromatic carbocycles. The van der Waals surface area contributed by atoms with Gasteiger partial charge in [0, 0.05) is 44.5 Å². The molecule has 0 aliphatic heterocycles. The predicted octanol–water partition coefficient (Wildman–Crippen LogP) is 2.82. The second-order valence-electron chi connectivity index (χ2n) is 11.0. The van der Waals surface area contributed by atoms with Crippen LogP contribution in [0.5, 0.6) is 57.5 Å². The predicted molar refractivity (Wildman–Crippen MR) is 162 cm³/mol. The molecule has 0 radical (unpaired) electrons. The minimum Gasteiger partial charge on any atom is -0.504 e. The fraction of sp³-hybridized carbons (Fsp3) is 0.0968. The first kappa shape index (κ1) is 31.0. The molecular formula is C31H21NO16. The number of carbonyl (C=O) groups is 2. The molecule has 0 bridgehead atoms. The Labute approximate surface area is 263 Å². The number of hydrogen-bond donors (Lipinski definition) is 11. The smallest absolute Gasteiger partial charge is 0.345 e. The van der Waals surface area contributed by atoms with Gasteiger partial charge in [0.25, 0.3) is 0 Å². The van der Waals surface area contributed by atoms with Gasteiger partial charge >= 0.3 is 11.3 Å². The van der Waals surface area contributed by atoms with E-state index in [1.165, 1.54) is 13.8 Å². The zero-order valence-corrected chi connectivity index (χ0v) is 24.2. The average molecular weight is 664 g/mol. The number of Topliss-reactive ketones (excluding diaryl/α,β-unsaturated/α-hetero) is 1. The Balaban J connectivity index is 1.96. The van der Waals surface area contributed by atoms with Gasteiger partial charge in [0.15, 0.2) is 51.4 Å². The van der Waals surface area contributed by atoms with Crippen molar-refractivity contribution in [3.8, 4) is 79.7 Å². The topological polar surface area (TPSA) is 323 Å². The van der Waals surface area contributed by atoms with Crippen LogP contribution >= 0.6 is 0 Å². The van der Waals surface area contributed by atoms with Crippen molar-refractivity contribution in [3.05, 3.63) is 44.1 Å². The average Bonchev–Trinajstić information content (AvgIpc) is 3.02. The first-order valence-corrected chi connectivity index (χ1v) is 13.5. The van der Waals surface area contributed by atoms with E-state index in [-0.39, 0.29) is 0 Å². The lowest BCUT2D eigenvalue weighted by Crippen LogP contribution is -2.14. The van der Waals surface area contributed by atoms with E-state index in [1.54, 1.807) is 0 Å². The summed E-state index contributed by atoms with van der Waals surface area (Å²) in [5.41, 5.74) is -4.47. The fourth-order valence-corrected chi connectivity index (χ4v) is 5.76. The molecule has 0 fully saturated rings. The number of nitrogens with two attached hydrogens (primary N) is 1. The summed E-state index contributed by atoms with van der Waals surface area (Å²) >= 11 is 0. The molecule has 0 saturated carbocycles. The second-order valence-corrected chi connectivity index (χ2v) is 11.0. The number of phenols is 10. The van der Waals surface area contributed by atoms with Crippen molar-refractivity contribution in [3.63, 3.8) is 0 Å². The van der Waals surface area contributed by atoms with Gasteiger partial charge < -0.3 is 65.6 Å². The van der Waals surface area contributed by atoms with Crippen molar-refractivity contribution in [1.29, 1.82) is 0 Å². The maximum Gasteiger partial charge on any atom is 0.345 e. The number of benzene rings is 4. The van der Waals surface area contributed by atoms with E-state index in [1.807, 2.05) is 0 Å². The quantitative estimate of drug-likeness (QED) is 0.0546. The standard InChI is InChI=1S/C31H21NO16/c1-5(2)18(35)6-3-8(33)19(36)21(38)10(6)12-16-14-15-17(31(46)48-27(14)25(42)23(12)40)13(24(41)26(43)28(15)47-30(16)45)11-7(29(32)44)4-9(34)20(37)22(11)39/h3-5,33-34,36-43H,1-2H3,(H2,32,44). The largest absolute Gasteiger partial charge is 0.504 e. The van der Waals surface area contributed by atoms with Crippen molar-refractivity contribution in [1.82, 2.24) is 0 Å². The van der Waals surface area contributed by atoms with Gasteiger partial charge in [0.05, 0.1) is 16.3 Å². The molecule has 2 heterocycles. The summed E-state index contributed by atoms with van der Waals surface area (Å²) in [5, 5.41) is 104. The van der Waals surface area contributed by atoms with Crippen molar-refractivity contribution in [2.45, 2.75) is 13.8 Å². The number of primary amides is 1. The zero-order valence-electron chi connectivity index (χ0n) is 24.2. The third-order valence-electron chi connectivity index (χ3n) is 7.92. The number of amides is 1. The van der Waals surface area contributed by atoms with Crippen molar-refractivity contribution >= 4 is 44.4 Å². The number of hydrogen-bond acceptors (Lipinski definition) is 16. The van der Waals surface area contributed by atoms with Gasteiger partial charge in [0.2, 0.25) is 28.9 Å². The van der Waals surface area contributed by atoms with Gasteiger partial charge in [0.1, 0.15) is 0 Å². The second kappa shape index (κ2) is 9.98. The van der Waals surface area contributed by atoms with Crippen LogP contribution in [-0.4, -0.2) is 62.8 Å². The summed E-state index contributed by atoms with van der Waals surface area (Å²) in [6, 6.07) is 1.29. The summed E-state index contributed by atoms with van der Waals surface area (Å²) in [7, 11) is 0. The van der Waals surface area contributed by atoms with E-state index in [0.29, 0.717) is 6.07 Å². The molecule has 48 heavy (non-hydrogen) atoms. The third-order valence-corrected chi connectivity index (χ3v) is 7.92. The summed E-state index contributed by atoms with van der Waals surface area (Å²) in [4.78, 5) is 52.9. The van der Waals surface area contributed by atoms with Gasteiger partial charge in [-0.15, -0.1) is 0 Å². The number of ketones is 1. The molecule has 0 unspecified atom stereocenters. The zero-order chi connectivity index (χ0) is 35.4. The maximum absolute atomic E-state index is 13.7. The van der Waals surface area contributed by atoms with Crippen LogP contribution in [0.4, 0.5) is 0 Å². The molecule has 6 aromatic rings. The molecule has 1 amide bonds. The Hall–Kier alpha value is -7.04. The van der Waals surface area contributed by atoms with Gasteiger partial charge in [-0.1, -0.05) is 13.8 Å². The highest BCUT2D eigenvalue weighted by Crippen LogP contribution is 2.57. The molecule has 6 rings (SSSR count). The van der Waals surface area contributed by atoms with Crippen LogP contribution in [-0.2, 0) is 0 Å². The monoisotopic (exact) mass is 663 g/mol. The third kappa shape index (κ3) is 3.84. The van der Waals surface area contributed by atoms with Gasteiger partial charge in [-0.05, 0) is 12.1 Å². The lowest BCUT2D eigenvalue weighted by atomic mass is 9.86. The van der Waals surface area contributed by atoms with Gasteiger partial charge in [-0.25, -0.2) is 9.59 Å².